The van der Waals surface area contributed by atoms with Crippen molar-refractivity contribution in [1.82, 2.24) is 15.0 Å². The number of aryl methyl sites for hydroxylation is 1. The van der Waals surface area contributed by atoms with Crippen molar-refractivity contribution in [2.45, 2.75) is 20.5 Å². The maximum absolute atomic E-state index is 12.5. The third-order valence-corrected chi connectivity index (χ3v) is 4.96. The minimum Gasteiger partial charge on any atom is -0.462 e. The van der Waals surface area contributed by atoms with Crippen molar-refractivity contribution in [1.29, 1.82) is 5.26 Å². The highest BCUT2D eigenvalue weighted by Gasteiger charge is 2.25. The molecule has 0 atom stereocenters. The molecule has 0 radical (unpaired) electrons. The second-order valence-electron chi connectivity index (χ2n) is 5.82. The van der Waals surface area contributed by atoms with E-state index >= 15 is 0 Å². The summed E-state index contributed by atoms with van der Waals surface area (Å²) in [6.07, 6.45) is 0. The number of benzene rings is 1. The van der Waals surface area contributed by atoms with Crippen LogP contribution in [0.3, 0.4) is 0 Å². The fourth-order valence-corrected chi connectivity index (χ4v) is 3.47. The molecule has 0 saturated heterocycles. The number of carbonyl (C=O) groups is 2. The lowest BCUT2D eigenvalue weighted by molar-refractivity contribution is 0.0446. The third kappa shape index (κ3) is 4.09. The van der Waals surface area contributed by atoms with E-state index in [2.05, 4.69) is 10.2 Å². The van der Waals surface area contributed by atoms with E-state index in [0.717, 1.165) is 11.3 Å². The molecule has 3 rings (SSSR count). The van der Waals surface area contributed by atoms with Crippen molar-refractivity contribution in [3.63, 3.8) is 0 Å². The van der Waals surface area contributed by atoms with E-state index in [0.29, 0.717) is 11.4 Å². The molecule has 9 nitrogen and oxygen atoms in total. The van der Waals surface area contributed by atoms with Crippen LogP contribution < -0.4 is 5.73 Å². The molecule has 0 unspecified atom stereocenters. The lowest BCUT2D eigenvalue weighted by atomic mass is 10.1. The zero-order chi connectivity index (χ0) is 21.0. The molecule has 0 aliphatic rings. The van der Waals surface area contributed by atoms with Gasteiger partial charge in [0.2, 0.25) is 0 Å². The van der Waals surface area contributed by atoms with Crippen LogP contribution in [0.4, 0.5) is 5.00 Å². The summed E-state index contributed by atoms with van der Waals surface area (Å²) in [5.74, 6) is -1.35. The van der Waals surface area contributed by atoms with Gasteiger partial charge >= 0.3 is 11.9 Å². The molecule has 29 heavy (non-hydrogen) atoms. The van der Waals surface area contributed by atoms with Crippen LogP contribution in [0.1, 0.15) is 43.9 Å². The van der Waals surface area contributed by atoms with Crippen LogP contribution in [0.2, 0.25) is 0 Å². The van der Waals surface area contributed by atoms with Gasteiger partial charge in [-0.3, -0.25) is 0 Å². The summed E-state index contributed by atoms with van der Waals surface area (Å²) >= 11 is 0.923. The van der Waals surface area contributed by atoms with Crippen molar-refractivity contribution < 1.29 is 19.1 Å². The number of thiophene rings is 1. The fourth-order valence-electron chi connectivity index (χ4n) is 2.56. The Morgan fingerprint density at radius 3 is 2.59 bits per heavy atom. The van der Waals surface area contributed by atoms with Crippen LogP contribution >= 0.6 is 11.3 Å². The maximum Gasteiger partial charge on any atom is 0.361 e. The zero-order valence-electron chi connectivity index (χ0n) is 15.7. The van der Waals surface area contributed by atoms with Crippen LogP contribution in [-0.4, -0.2) is 33.5 Å². The quantitative estimate of drug-likeness (QED) is 0.612. The van der Waals surface area contributed by atoms with Gasteiger partial charge in [0, 0.05) is 5.56 Å². The number of nitrogens with two attached hydrogens (primary N) is 1. The first-order valence-electron chi connectivity index (χ1n) is 8.61. The highest BCUT2D eigenvalue weighted by Crippen LogP contribution is 2.32. The van der Waals surface area contributed by atoms with E-state index in [4.69, 9.17) is 15.2 Å². The van der Waals surface area contributed by atoms with Gasteiger partial charge in [-0.05, 0) is 26.0 Å². The summed E-state index contributed by atoms with van der Waals surface area (Å²) in [7, 11) is 0. The van der Waals surface area contributed by atoms with Crippen molar-refractivity contribution in [2.24, 2.45) is 0 Å². The molecule has 0 amide bonds. The van der Waals surface area contributed by atoms with Crippen LogP contribution in [0.5, 0.6) is 0 Å². The lowest BCUT2D eigenvalue weighted by Crippen LogP contribution is -2.11. The van der Waals surface area contributed by atoms with E-state index in [9.17, 15) is 14.9 Å². The first-order chi connectivity index (χ1) is 14.0. The summed E-state index contributed by atoms with van der Waals surface area (Å²) in [5, 5.41) is 17.9. The van der Waals surface area contributed by atoms with Crippen LogP contribution in [0.15, 0.2) is 30.3 Å². The SMILES string of the molecule is CCOC(=O)c1sc(N)c(C#N)c1COC(=O)c1nn(-c2ccccc2)nc1C. The molecule has 2 heterocycles. The number of ether oxygens (including phenoxy) is 2. The summed E-state index contributed by atoms with van der Waals surface area (Å²) in [5.41, 5.74) is 7.24. The number of hydrogen-bond donors (Lipinski definition) is 1. The number of para-hydroxylation sites is 1. The Bertz CT molecular complexity index is 1100. The number of aromatic nitrogens is 3. The van der Waals surface area contributed by atoms with Crippen molar-refractivity contribution in [2.75, 3.05) is 12.3 Å². The van der Waals surface area contributed by atoms with E-state index < -0.39 is 11.9 Å². The highest BCUT2D eigenvalue weighted by molar-refractivity contribution is 7.18. The average molecular weight is 411 g/mol. The maximum atomic E-state index is 12.5. The van der Waals surface area contributed by atoms with E-state index in [1.54, 1.807) is 26.0 Å². The standard InChI is InChI=1S/C19H17N5O4S/c1-3-27-19(26)16-14(13(9-20)17(21)29-16)10-28-18(25)15-11(2)22-24(23-15)12-7-5-4-6-8-12/h4-8H,3,10,21H2,1-2H3. The zero-order valence-corrected chi connectivity index (χ0v) is 16.5. The molecule has 0 aliphatic heterocycles. The van der Waals surface area contributed by atoms with Crippen molar-refractivity contribution in [3.05, 3.63) is 57.7 Å². The Labute approximate surface area is 170 Å². The van der Waals surface area contributed by atoms with E-state index in [1.165, 1.54) is 4.80 Å². The summed E-state index contributed by atoms with van der Waals surface area (Å²) < 4.78 is 10.3. The number of nitriles is 1. The molecule has 10 heteroatoms. The molecule has 0 fully saturated rings. The molecule has 0 aliphatic carbocycles. The number of anilines is 1. The summed E-state index contributed by atoms with van der Waals surface area (Å²) in [4.78, 5) is 26.1. The van der Waals surface area contributed by atoms with E-state index in [-0.39, 0.29) is 39.9 Å². The Kier molecular flexibility index (Phi) is 5.90. The monoisotopic (exact) mass is 411 g/mol. The highest BCUT2D eigenvalue weighted by atomic mass is 32.1. The molecule has 2 N–H and O–H groups in total. The Hall–Kier alpha value is -3.71. The largest absolute Gasteiger partial charge is 0.462 e. The third-order valence-electron chi connectivity index (χ3n) is 3.92. The smallest absolute Gasteiger partial charge is 0.361 e. The number of carbonyl (C=O) groups excluding carboxylic acids is 2. The van der Waals surface area contributed by atoms with E-state index in [1.807, 2.05) is 24.3 Å². The summed E-state index contributed by atoms with van der Waals surface area (Å²) in [6.45, 7) is 3.15. The number of nitrogen functional groups attached to an aromatic ring is 1. The van der Waals surface area contributed by atoms with Crippen LogP contribution in [0, 0.1) is 18.3 Å². The summed E-state index contributed by atoms with van der Waals surface area (Å²) in [6, 6.07) is 11.0. The van der Waals surface area contributed by atoms with Gasteiger partial charge in [-0.1, -0.05) is 18.2 Å². The van der Waals surface area contributed by atoms with Gasteiger partial charge in [0.05, 0.1) is 23.6 Å². The van der Waals surface area contributed by atoms with Crippen LogP contribution in [0.25, 0.3) is 5.69 Å². The van der Waals surface area contributed by atoms with Gasteiger partial charge in [-0.25, -0.2) is 9.59 Å². The number of esters is 2. The molecule has 2 aromatic heterocycles. The number of nitrogens with zero attached hydrogens (tertiary/aromatic N) is 4. The second-order valence-corrected chi connectivity index (χ2v) is 6.87. The Balaban J connectivity index is 1.82. The molecule has 3 aromatic rings. The first-order valence-corrected chi connectivity index (χ1v) is 9.42. The van der Waals surface area contributed by atoms with Crippen LogP contribution in [-0.2, 0) is 16.1 Å². The number of hydrogen-bond acceptors (Lipinski definition) is 9. The molecule has 0 saturated carbocycles. The predicted molar refractivity (Wildman–Crippen MR) is 105 cm³/mol. The second kappa shape index (κ2) is 8.53. The van der Waals surface area contributed by atoms with Gasteiger partial charge in [-0.15, -0.1) is 16.4 Å². The van der Waals surface area contributed by atoms with Gasteiger partial charge in [0.1, 0.15) is 22.6 Å². The fraction of sp³-hybridized carbons (Fsp3) is 0.211. The van der Waals surface area contributed by atoms with Crippen molar-refractivity contribution in [3.8, 4) is 11.8 Å². The number of rotatable bonds is 6. The minimum absolute atomic E-state index is 0.0354. The molecule has 0 bridgehead atoms. The van der Waals surface area contributed by atoms with Crippen molar-refractivity contribution >= 4 is 28.3 Å². The molecular formula is C19H17N5O4S. The molecule has 0 spiro atoms. The molecule has 148 valence electrons. The molecular weight excluding hydrogens is 394 g/mol. The molecule has 1 aromatic carbocycles. The Morgan fingerprint density at radius 1 is 1.21 bits per heavy atom. The van der Waals surface area contributed by atoms with Gasteiger partial charge < -0.3 is 15.2 Å². The van der Waals surface area contributed by atoms with Gasteiger partial charge in [0.15, 0.2) is 5.69 Å². The normalized spacial score (nSPS) is 10.4. The Morgan fingerprint density at radius 2 is 1.93 bits per heavy atom. The topological polar surface area (TPSA) is 133 Å². The minimum atomic E-state index is -0.729. The van der Waals surface area contributed by atoms with Gasteiger partial charge in [0.25, 0.3) is 0 Å². The predicted octanol–water partition coefficient (Wildman–Crippen LogP) is 2.62. The lowest BCUT2D eigenvalue weighted by Gasteiger charge is -2.05. The first kappa shape index (κ1) is 20.0. The van der Waals surface area contributed by atoms with Gasteiger partial charge in [-0.2, -0.15) is 15.2 Å². The average Bonchev–Trinajstić information content (AvgIpc) is 3.26.